The average molecular weight is 180 g/mol. The Bertz CT molecular complexity index is 186. The van der Waals surface area contributed by atoms with Gasteiger partial charge >= 0.3 is 0 Å². The number of fused-ring (bicyclic) bond motifs is 1. The van der Waals surface area contributed by atoms with Crippen molar-refractivity contribution in [3.8, 4) is 0 Å². The zero-order chi connectivity index (χ0) is 8.84. The highest BCUT2D eigenvalue weighted by Gasteiger charge is 2.47. The molecule has 1 heterocycles. The first-order chi connectivity index (χ1) is 6.33. The summed E-state index contributed by atoms with van der Waals surface area (Å²) < 4.78 is 0. The van der Waals surface area contributed by atoms with Crippen LogP contribution in [0.15, 0.2) is 0 Å². The molecule has 13 heavy (non-hydrogen) atoms. The Balaban J connectivity index is 1.54. The molecule has 0 bridgehead atoms. The topological polar surface area (TPSA) is 6.48 Å². The van der Waals surface area contributed by atoms with Gasteiger partial charge < -0.3 is 4.90 Å². The van der Waals surface area contributed by atoms with Crippen LogP contribution in [0.4, 0.5) is 0 Å². The fourth-order valence-electron chi connectivity index (χ4n) is 3.17. The van der Waals surface area contributed by atoms with Crippen LogP contribution < -0.4 is 0 Å². The minimum atomic E-state index is 0.970. The smallest absolute Gasteiger partial charge is 0.0113 e. The zero-order valence-corrected chi connectivity index (χ0v) is 8.58. The second kappa shape index (κ2) is 2.96. The Morgan fingerprint density at radius 1 is 0.846 bits per heavy atom. The van der Waals surface area contributed by atoms with Crippen molar-refractivity contribution in [1.82, 2.24) is 9.80 Å². The molecule has 0 spiro atoms. The van der Waals surface area contributed by atoms with E-state index in [9.17, 15) is 0 Å². The molecule has 0 amide bonds. The van der Waals surface area contributed by atoms with Crippen LogP contribution in [0.3, 0.4) is 0 Å². The van der Waals surface area contributed by atoms with Gasteiger partial charge in [-0.15, -0.1) is 0 Å². The van der Waals surface area contributed by atoms with Gasteiger partial charge in [0.05, 0.1) is 0 Å². The maximum Gasteiger partial charge on any atom is 0.0113 e. The molecule has 3 rings (SSSR count). The molecular formula is C11H20N2. The number of likely N-dealkylation sites (N-methyl/N-ethyl adjacent to an activating group) is 1. The van der Waals surface area contributed by atoms with E-state index in [1.54, 1.807) is 6.42 Å². The second-order valence-corrected chi connectivity index (χ2v) is 5.22. The Hall–Kier alpha value is -0.0800. The van der Waals surface area contributed by atoms with Gasteiger partial charge in [-0.1, -0.05) is 0 Å². The van der Waals surface area contributed by atoms with E-state index in [4.69, 9.17) is 0 Å². The third-order valence-corrected chi connectivity index (χ3v) is 4.27. The second-order valence-electron chi connectivity index (χ2n) is 5.22. The third kappa shape index (κ3) is 1.50. The quantitative estimate of drug-likeness (QED) is 0.595. The lowest BCUT2D eigenvalue weighted by atomic mass is 10.1. The highest BCUT2D eigenvalue weighted by Crippen LogP contribution is 2.53. The Morgan fingerprint density at radius 2 is 1.46 bits per heavy atom. The maximum absolute atomic E-state index is 2.74. The van der Waals surface area contributed by atoms with Gasteiger partial charge in [0.15, 0.2) is 0 Å². The first kappa shape index (κ1) is 8.25. The lowest BCUT2D eigenvalue weighted by Crippen LogP contribution is -2.48. The van der Waals surface area contributed by atoms with Crippen molar-refractivity contribution in [3.05, 3.63) is 0 Å². The molecule has 0 aromatic heterocycles. The average Bonchev–Trinajstić information content (AvgIpc) is 2.75. The SMILES string of the molecule is CN1CCN(C2C[C@@H]3C[C@@H]3C2)CC1. The van der Waals surface area contributed by atoms with Gasteiger partial charge in [-0.25, -0.2) is 0 Å². The molecule has 3 fully saturated rings. The summed E-state index contributed by atoms with van der Waals surface area (Å²) >= 11 is 0. The van der Waals surface area contributed by atoms with Crippen LogP contribution in [0.25, 0.3) is 0 Å². The van der Waals surface area contributed by atoms with Crippen molar-refractivity contribution in [1.29, 1.82) is 0 Å². The predicted octanol–water partition coefficient (Wildman–Crippen LogP) is 1.03. The Kier molecular flexibility index (Phi) is 1.88. The number of rotatable bonds is 1. The van der Waals surface area contributed by atoms with E-state index in [0.29, 0.717) is 0 Å². The fourth-order valence-corrected chi connectivity index (χ4v) is 3.17. The molecule has 0 N–H and O–H groups in total. The summed E-state index contributed by atoms with van der Waals surface area (Å²) in [7, 11) is 2.24. The minimum absolute atomic E-state index is 0.970. The van der Waals surface area contributed by atoms with Crippen molar-refractivity contribution in [2.75, 3.05) is 33.2 Å². The van der Waals surface area contributed by atoms with Crippen molar-refractivity contribution in [2.24, 2.45) is 11.8 Å². The molecule has 1 unspecified atom stereocenters. The van der Waals surface area contributed by atoms with Crippen molar-refractivity contribution in [3.63, 3.8) is 0 Å². The lowest BCUT2D eigenvalue weighted by molar-refractivity contribution is 0.108. The van der Waals surface area contributed by atoms with Crippen molar-refractivity contribution < 1.29 is 0 Å². The van der Waals surface area contributed by atoms with Gasteiger partial charge in [0.1, 0.15) is 0 Å². The molecule has 2 saturated carbocycles. The molecule has 1 aliphatic heterocycles. The standard InChI is InChI=1S/C11H20N2/c1-12-2-4-13(5-3-12)11-7-9-6-10(9)8-11/h9-11H,2-8H2,1H3/t9-,10+,11?. The van der Waals surface area contributed by atoms with E-state index >= 15 is 0 Å². The van der Waals surface area contributed by atoms with Crippen LogP contribution in [-0.4, -0.2) is 49.1 Å². The van der Waals surface area contributed by atoms with Crippen LogP contribution in [0.5, 0.6) is 0 Å². The van der Waals surface area contributed by atoms with E-state index < -0.39 is 0 Å². The van der Waals surface area contributed by atoms with Crippen molar-refractivity contribution in [2.45, 2.75) is 25.3 Å². The van der Waals surface area contributed by atoms with Crippen LogP contribution in [-0.2, 0) is 0 Å². The summed E-state index contributed by atoms with van der Waals surface area (Å²) in [6.45, 7) is 5.21. The molecule has 1 saturated heterocycles. The molecule has 74 valence electrons. The summed E-state index contributed by atoms with van der Waals surface area (Å²) in [5.41, 5.74) is 0. The summed E-state index contributed by atoms with van der Waals surface area (Å²) in [5.74, 6) is 2.29. The van der Waals surface area contributed by atoms with Gasteiger partial charge in [0.25, 0.3) is 0 Å². The predicted molar refractivity (Wildman–Crippen MR) is 53.7 cm³/mol. The first-order valence-corrected chi connectivity index (χ1v) is 5.75. The third-order valence-electron chi connectivity index (χ3n) is 4.27. The molecular weight excluding hydrogens is 160 g/mol. The maximum atomic E-state index is 2.74. The molecule has 0 aromatic carbocycles. The summed E-state index contributed by atoms with van der Waals surface area (Å²) in [6.07, 6.45) is 4.60. The highest BCUT2D eigenvalue weighted by atomic mass is 15.3. The summed E-state index contributed by atoms with van der Waals surface area (Å²) in [4.78, 5) is 5.19. The molecule has 0 aromatic rings. The van der Waals surface area contributed by atoms with Gasteiger partial charge in [0, 0.05) is 32.2 Å². The van der Waals surface area contributed by atoms with E-state index in [0.717, 1.165) is 17.9 Å². The van der Waals surface area contributed by atoms with Crippen molar-refractivity contribution >= 4 is 0 Å². The van der Waals surface area contributed by atoms with Gasteiger partial charge in [-0.2, -0.15) is 0 Å². The number of hydrogen-bond acceptors (Lipinski definition) is 2. The molecule has 2 nitrogen and oxygen atoms in total. The summed E-state index contributed by atoms with van der Waals surface area (Å²) in [6, 6.07) is 0.970. The van der Waals surface area contributed by atoms with Gasteiger partial charge in [0.2, 0.25) is 0 Å². The van der Waals surface area contributed by atoms with E-state index in [2.05, 4.69) is 16.8 Å². The summed E-state index contributed by atoms with van der Waals surface area (Å²) in [5, 5.41) is 0. The van der Waals surface area contributed by atoms with Gasteiger partial charge in [-0.05, 0) is 38.1 Å². The van der Waals surface area contributed by atoms with E-state index in [1.807, 2.05) is 0 Å². The Labute approximate surface area is 80.9 Å². The van der Waals surface area contributed by atoms with Gasteiger partial charge in [-0.3, -0.25) is 4.90 Å². The van der Waals surface area contributed by atoms with Crippen LogP contribution in [0.1, 0.15) is 19.3 Å². The zero-order valence-electron chi connectivity index (χ0n) is 8.58. The van der Waals surface area contributed by atoms with Crippen LogP contribution >= 0.6 is 0 Å². The van der Waals surface area contributed by atoms with E-state index in [1.165, 1.54) is 39.0 Å². The largest absolute Gasteiger partial charge is 0.304 e. The molecule has 3 aliphatic rings. The number of nitrogens with zero attached hydrogens (tertiary/aromatic N) is 2. The molecule has 2 aliphatic carbocycles. The van der Waals surface area contributed by atoms with Crippen LogP contribution in [0.2, 0.25) is 0 Å². The molecule has 3 atom stereocenters. The monoisotopic (exact) mass is 180 g/mol. The Morgan fingerprint density at radius 3 is 2.08 bits per heavy atom. The number of piperazine rings is 1. The normalized spacial score (nSPS) is 46.4. The molecule has 2 heteroatoms. The fraction of sp³-hybridized carbons (Fsp3) is 1.00. The van der Waals surface area contributed by atoms with Crippen LogP contribution in [0, 0.1) is 11.8 Å². The van der Waals surface area contributed by atoms with E-state index in [-0.39, 0.29) is 0 Å². The minimum Gasteiger partial charge on any atom is -0.304 e. The number of hydrogen-bond donors (Lipinski definition) is 0. The molecule has 0 radical (unpaired) electrons. The highest BCUT2D eigenvalue weighted by molar-refractivity contribution is 5.00. The first-order valence-electron chi connectivity index (χ1n) is 5.75. The lowest BCUT2D eigenvalue weighted by Gasteiger charge is -2.37.